The molecular formula is C11H17ClN2O2. The van der Waals surface area contributed by atoms with Gasteiger partial charge in [0.05, 0.1) is 0 Å². The molecule has 1 rings (SSSR count). The number of carbonyl (C=O) groups excluding carboxylic acids is 2. The van der Waals surface area contributed by atoms with Crippen LogP contribution >= 0.6 is 11.6 Å². The van der Waals surface area contributed by atoms with Crippen LogP contribution in [0.2, 0.25) is 0 Å². The van der Waals surface area contributed by atoms with Crippen molar-refractivity contribution >= 4 is 23.4 Å². The molecule has 1 aliphatic rings. The van der Waals surface area contributed by atoms with E-state index in [1.54, 1.807) is 11.8 Å². The Labute approximate surface area is 101 Å². The number of carbonyl (C=O) groups is 2. The monoisotopic (exact) mass is 244 g/mol. The van der Waals surface area contributed by atoms with Crippen molar-refractivity contribution in [2.75, 3.05) is 6.54 Å². The van der Waals surface area contributed by atoms with Gasteiger partial charge in [-0.25, -0.2) is 0 Å². The SMILES string of the molecule is CCC1C(=O)NC(C)C(=O)N1CC(C)=CCl. The van der Waals surface area contributed by atoms with E-state index in [0.29, 0.717) is 13.0 Å². The Bertz CT molecular complexity index is 328. The summed E-state index contributed by atoms with van der Waals surface area (Å²) in [5, 5.41) is 2.67. The molecule has 2 unspecified atom stereocenters. The first-order chi connectivity index (χ1) is 7.51. The number of nitrogens with zero attached hydrogens (tertiary/aromatic N) is 1. The lowest BCUT2D eigenvalue weighted by atomic mass is 10.1. The molecule has 1 N–H and O–H groups in total. The highest BCUT2D eigenvalue weighted by Crippen LogP contribution is 2.15. The summed E-state index contributed by atoms with van der Waals surface area (Å²) in [5.74, 6) is -0.138. The quantitative estimate of drug-likeness (QED) is 0.813. The first-order valence-corrected chi connectivity index (χ1v) is 5.81. The second-order valence-corrected chi connectivity index (χ2v) is 4.29. The third-order valence-corrected chi connectivity index (χ3v) is 3.06. The van der Waals surface area contributed by atoms with Crippen LogP contribution < -0.4 is 5.32 Å². The van der Waals surface area contributed by atoms with Crippen LogP contribution in [0.5, 0.6) is 0 Å². The minimum atomic E-state index is -0.446. The van der Waals surface area contributed by atoms with Crippen molar-refractivity contribution in [1.82, 2.24) is 10.2 Å². The van der Waals surface area contributed by atoms with E-state index >= 15 is 0 Å². The van der Waals surface area contributed by atoms with Crippen LogP contribution in [0.1, 0.15) is 27.2 Å². The summed E-state index contributed by atoms with van der Waals surface area (Å²) in [7, 11) is 0. The molecule has 4 nitrogen and oxygen atoms in total. The fourth-order valence-electron chi connectivity index (χ4n) is 1.81. The van der Waals surface area contributed by atoms with Gasteiger partial charge in [0.2, 0.25) is 11.8 Å². The molecule has 2 amide bonds. The second kappa shape index (κ2) is 5.34. The molecule has 1 aliphatic heterocycles. The van der Waals surface area contributed by atoms with E-state index in [-0.39, 0.29) is 17.9 Å². The Kier molecular flexibility index (Phi) is 4.35. The van der Waals surface area contributed by atoms with Crippen LogP contribution in [-0.4, -0.2) is 35.3 Å². The fraction of sp³-hybridized carbons (Fsp3) is 0.636. The molecular weight excluding hydrogens is 228 g/mol. The van der Waals surface area contributed by atoms with Gasteiger partial charge in [0.25, 0.3) is 0 Å². The average Bonchev–Trinajstić information content (AvgIpc) is 2.25. The van der Waals surface area contributed by atoms with Crippen molar-refractivity contribution in [3.63, 3.8) is 0 Å². The summed E-state index contributed by atoms with van der Waals surface area (Å²) in [4.78, 5) is 25.2. The molecule has 0 aromatic carbocycles. The van der Waals surface area contributed by atoms with Crippen molar-refractivity contribution in [1.29, 1.82) is 0 Å². The molecule has 0 aromatic rings. The van der Waals surface area contributed by atoms with Gasteiger partial charge in [-0.2, -0.15) is 0 Å². The van der Waals surface area contributed by atoms with Gasteiger partial charge < -0.3 is 10.2 Å². The van der Waals surface area contributed by atoms with Crippen LogP contribution in [0.15, 0.2) is 11.1 Å². The molecule has 0 aliphatic carbocycles. The lowest BCUT2D eigenvalue weighted by Crippen LogP contribution is -2.62. The number of hydrogen-bond acceptors (Lipinski definition) is 2. The van der Waals surface area contributed by atoms with Gasteiger partial charge in [0.15, 0.2) is 0 Å². The highest BCUT2D eigenvalue weighted by Gasteiger charge is 2.37. The van der Waals surface area contributed by atoms with Crippen LogP contribution in [0.3, 0.4) is 0 Å². The summed E-state index contributed by atoms with van der Waals surface area (Å²) in [5.41, 5.74) is 2.31. The second-order valence-electron chi connectivity index (χ2n) is 4.08. The van der Waals surface area contributed by atoms with Crippen LogP contribution in [0, 0.1) is 0 Å². The summed E-state index contributed by atoms with van der Waals surface area (Å²) >= 11 is 5.58. The molecule has 1 saturated heterocycles. The van der Waals surface area contributed by atoms with E-state index in [2.05, 4.69) is 5.32 Å². The topological polar surface area (TPSA) is 49.4 Å². The Morgan fingerprint density at radius 3 is 2.69 bits per heavy atom. The molecule has 0 spiro atoms. The minimum absolute atomic E-state index is 0.0516. The molecule has 0 aromatic heterocycles. The van der Waals surface area contributed by atoms with Crippen molar-refractivity contribution < 1.29 is 9.59 Å². The zero-order valence-electron chi connectivity index (χ0n) is 9.79. The Morgan fingerprint density at radius 1 is 1.56 bits per heavy atom. The first kappa shape index (κ1) is 13.0. The smallest absolute Gasteiger partial charge is 0.245 e. The van der Waals surface area contributed by atoms with Gasteiger partial charge in [-0.05, 0) is 25.8 Å². The Balaban J connectivity index is 2.89. The van der Waals surface area contributed by atoms with E-state index in [1.807, 2.05) is 13.8 Å². The predicted octanol–water partition coefficient (Wildman–Crippen LogP) is 1.25. The Morgan fingerprint density at radius 2 is 2.19 bits per heavy atom. The van der Waals surface area contributed by atoms with Crippen molar-refractivity contribution in [2.24, 2.45) is 0 Å². The predicted molar refractivity (Wildman–Crippen MR) is 63.0 cm³/mol. The van der Waals surface area contributed by atoms with Crippen LogP contribution in [0.25, 0.3) is 0 Å². The zero-order valence-corrected chi connectivity index (χ0v) is 10.5. The third kappa shape index (κ3) is 2.55. The third-order valence-electron chi connectivity index (χ3n) is 2.68. The maximum Gasteiger partial charge on any atom is 0.245 e. The van der Waals surface area contributed by atoms with E-state index in [9.17, 15) is 9.59 Å². The number of nitrogens with one attached hydrogen (secondary N) is 1. The molecule has 0 saturated carbocycles. The largest absolute Gasteiger partial charge is 0.343 e. The van der Waals surface area contributed by atoms with Gasteiger partial charge >= 0.3 is 0 Å². The number of hydrogen-bond donors (Lipinski definition) is 1. The number of rotatable bonds is 3. The van der Waals surface area contributed by atoms with E-state index in [1.165, 1.54) is 5.54 Å². The molecule has 90 valence electrons. The van der Waals surface area contributed by atoms with E-state index in [4.69, 9.17) is 11.6 Å². The fourth-order valence-corrected chi connectivity index (χ4v) is 1.88. The number of amides is 2. The molecule has 0 bridgehead atoms. The standard InChI is InChI=1S/C11H17ClN2O2/c1-4-9-10(15)13-8(3)11(16)14(9)6-7(2)5-12/h5,8-9H,4,6H2,1-3H3,(H,13,15). The number of halogens is 1. The number of piperazine rings is 1. The summed E-state index contributed by atoms with van der Waals surface area (Å²) < 4.78 is 0. The highest BCUT2D eigenvalue weighted by molar-refractivity contribution is 6.25. The van der Waals surface area contributed by atoms with Crippen LogP contribution in [-0.2, 0) is 9.59 Å². The van der Waals surface area contributed by atoms with Crippen molar-refractivity contribution in [2.45, 2.75) is 39.3 Å². The maximum atomic E-state index is 11.9. The van der Waals surface area contributed by atoms with Crippen molar-refractivity contribution in [3.8, 4) is 0 Å². The maximum absolute atomic E-state index is 11.9. The zero-order chi connectivity index (χ0) is 12.3. The van der Waals surface area contributed by atoms with Crippen LogP contribution in [0.4, 0.5) is 0 Å². The Hall–Kier alpha value is -1.03. The molecule has 1 fully saturated rings. The van der Waals surface area contributed by atoms with E-state index < -0.39 is 6.04 Å². The minimum Gasteiger partial charge on any atom is -0.343 e. The normalized spacial score (nSPS) is 27.0. The summed E-state index contributed by atoms with van der Waals surface area (Å²) in [6.45, 7) is 5.84. The molecule has 16 heavy (non-hydrogen) atoms. The lowest BCUT2D eigenvalue weighted by Gasteiger charge is -2.37. The van der Waals surface area contributed by atoms with Gasteiger partial charge in [0.1, 0.15) is 12.1 Å². The first-order valence-electron chi connectivity index (χ1n) is 5.38. The van der Waals surface area contributed by atoms with Gasteiger partial charge in [0, 0.05) is 12.1 Å². The van der Waals surface area contributed by atoms with Gasteiger partial charge in [-0.1, -0.05) is 18.5 Å². The summed E-state index contributed by atoms with van der Waals surface area (Å²) in [6.07, 6.45) is 0.611. The van der Waals surface area contributed by atoms with Gasteiger partial charge in [-0.3, -0.25) is 9.59 Å². The average molecular weight is 245 g/mol. The molecule has 0 radical (unpaired) electrons. The molecule has 2 atom stereocenters. The molecule has 5 heteroatoms. The van der Waals surface area contributed by atoms with Crippen molar-refractivity contribution in [3.05, 3.63) is 11.1 Å². The molecule has 1 heterocycles. The highest BCUT2D eigenvalue weighted by atomic mass is 35.5. The van der Waals surface area contributed by atoms with E-state index in [0.717, 1.165) is 5.57 Å². The van der Waals surface area contributed by atoms with Gasteiger partial charge in [-0.15, -0.1) is 0 Å². The summed E-state index contributed by atoms with van der Waals surface area (Å²) in [6, 6.07) is -0.825. The lowest BCUT2D eigenvalue weighted by molar-refractivity contribution is -0.148.